The molecule has 0 unspecified atom stereocenters. The van der Waals surface area contributed by atoms with E-state index in [1.807, 2.05) is 13.8 Å². The molecule has 0 amide bonds. The lowest BCUT2D eigenvalue weighted by atomic mass is 9.79. The highest BCUT2D eigenvalue weighted by Gasteiger charge is 2.31. The van der Waals surface area contributed by atoms with Crippen LogP contribution in [0.25, 0.3) is 0 Å². The first-order valence-electron chi connectivity index (χ1n) is 5.53. The number of anilines is 1. The molecule has 1 aromatic heterocycles. The molecule has 0 radical (unpaired) electrons. The van der Waals surface area contributed by atoms with E-state index in [2.05, 4.69) is 5.16 Å². The van der Waals surface area contributed by atoms with Crippen LogP contribution in [0.4, 0.5) is 5.82 Å². The zero-order valence-corrected chi connectivity index (χ0v) is 9.32. The van der Waals surface area contributed by atoms with Gasteiger partial charge in [0, 0.05) is 18.6 Å². The molecule has 2 N–H and O–H groups in total. The van der Waals surface area contributed by atoms with Gasteiger partial charge < -0.3 is 15.0 Å². The minimum Gasteiger partial charge on any atom is -0.381 e. The second-order valence-corrected chi connectivity index (χ2v) is 4.23. The molecule has 4 heteroatoms. The number of aromatic nitrogens is 1. The summed E-state index contributed by atoms with van der Waals surface area (Å²) in [6.07, 6.45) is 3.67. The van der Waals surface area contributed by atoms with Gasteiger partial charge in [-0.1, -0.05) is 5.16 Å². The van der Waals surface area contributed by atoms with Crippen LogP contribution in [-0.2, 0) is 11.2 Å². The van der Waals surface area contributed by atoms with Crippen molar-refractivity contribution in [2.45, 2.75) is 39.2 Å². The highest BCUT2D eigenvalue weighted by molar-refractivity contribution is 5.39. The highest BCUT2D eigenvalue weighted by Crippen LogP contribution is 2.34. The molecular weight excluding hydrogens is 192 g/mol. The second kappa shape index (κ2) is 4.23. The van der Waals surface area contributed by atoms with E-state index in [1.54, 1.807) is 0 Å². The lowest BCUT2D eigenvalue weighted by Crippen LogP contribution is -2.32. The van der Waals surface area contributed by atoms with Crippen LogP contribution < -0.4 is 5.73 Å². The van der Waals surface area contributed by atoms with E-state index in [1.165, 1.54) is 0 Å². The molecule has 4 nitrogen and oxygen atoms in total. The van der Waals surface area contributed by atoms with Crippen LogP contribution in [0.3, 0.4) is 0 Å². The minimum atomic E-state index is 0.459. The van der Waals surface area contributed by atoms with Crippen molar-refractivity contribution in [3.8, 4) is 0 Å². The van der Waals surface area contributed by atoms with Crippen LogP contribution in [-0.4, -0.2) is 17.9 Å². The summed E-state index contributed by atoms with van der Waals surface area (Å²) >= 11 is 0. The first kappa shape index (κ1) is 10.5. The van der Waals surface area contributed by atoms with Crippen molar-refractivity contribution >= 4 is 5.82 Å². The molecule has 1 saturated carbocycles. The van der Waals surface area contributed by atoms with Gasteiger partial charge in [0.1, 0.15) is 5.76 Å². The van der Waals surface area contributed by atoms with Crippen LogP contribution in [0.15, 0.2) is 4.52 Å². The fourth-order valence-corrected chi connectivity index (χ4v) is 2.05. The Labute approximate surface area is 89.8 Å². The molecule has 0 aliphatic heterocycles. The number of nitrogen functional groups attached to an aromatic ring is 1. The van der Waals surface area contributed by atoms with Crippen molar-refractivity contribution in [1.82, 2.24) is 5.16 Å². The first-order valence-corrected chi connectivity index (χ1v) is 5.53. The molecule has 1 aliphatic carbocycles. The Morgan fingerprint density at radius 2 is 2.27 bits per heavy atom. The molecule has 0 bridgehead atoms. The van der Waals surface area contributed by atoms with E-state index in [4.69, 9.17) is 15.0 Å². The molecule has 15 heavy (non-hydrogen) atoms. The average molecular weight is 210 g/mol. The van der Waals surface area contributed by atoms with Gasteiger partial charge in [0.05, 0.1) is 6.10 Å². The van der Waals surface area contributed by atoms with Crippen LogP contribution in [0.1, 0.15) is 31.1 Å². The Balaban J connectivity index is 1.82. The van der Waals surface area contributed by atoms with E-state index in [0.717, 1.165) is 37.2 Å². The van der Waals surface area contributed by atoms with E-state index in [0.29, 0.717) is 17.8 Å². The lowest BCUT2D eigenvalue weighted by molar-refractivity contribution is -0.0255. The molecule has 1 aromatic rings. The third kappa shape index (κ3) is 2.15. The molecule has 1 aliphatic rings. The predicted molar refractivity (Wildman–Crippen MR) is 57.5 cm³/mol. The number of nitrogens with zero attached hydrogens (tertiary/aromatic N) is 1. The van der Waals surface area contributed by atoms with Gasteiger partial charge in [-0.3, -0.25) is 0 Å². The minimum absolute atomic E-state index is 0.459. The molecule has 0 spiro atoms. The zero-order valence-electron chi connectivity index (χ0n) is 9.32. The van der Waals surface area contributed by atoms with E-state index < -0.39 is 0 Å². The Morgan fingerprint density at radius 1 is 1.53 bits per heavy atom. The van der Waals surface area contributed by atoms with Crippen molar-refractivity contribution in [3.05, 3.63) is 11.3 Å². The topological polar surface area (TPSA) is 61.3 Å². The largest absolute Gasteiger partial charge is 0.381 e. The van der Waals surface area contributed by atoms with E-state index >= 15 is 0 Å². The number of rotatable bonds is 4. The standard InChI is InChI=1S/C11H18N2O2/c1-3-14-9-4-8(5-9)6-10-7(2)11(12)13-15-10/h8-9H,3-6H2,1-2H3,(H2,12,13). The molecule has 1 heterocycles. The molecule has 1 fully saturated rings. The summed E-state index contributed by atoms with van der Waals surface area (Å²) in [7, 11) is 0. The predicted octanol–water partition coefficient (Wildman–Crippen LogP) is 1.92. The summed E-state index contributed by atoms with van der Waals surface area (Å²) < 4.78 is 10.7. The first-order chi connectivity index (χ1) is 7.20. The van der Waals surface area contributed by atoms with Gasteiger partial charge in [-0.2, -0.15) is 0 Å². The highest BCUT2D eigenvalue weighted by atomic mass is 16.5. The summed E-state index contributed by atoms with van der Waals surface area (Å²) in [5, 5.41) is 3.75. The van der Waals surface area contributed by atoms with Gasteiger partial charge in [-0.25, -0.2) is 0 Å². The normalized spacial score (nSPS) is 25.2. The van der Waals surface area contributed by atoms with Crippen molar-refractivity contribution in [2.75, 3.05) is 12.3 Å². The third-order valence-electron chi connectivity index (χ3n) is 3.13. The number of hydrogen-bond donors (Lipinski definition) is 1. The molecular formula is C11H18N2O2. The lowest BCUT2D eigenvalue weighted by Gasteiger charge is -2.34. The van der Waals surface area contributed by atoms with Crippen molar-refractivity contribution in [2.24, 2.45) is 5.92 Å². The summed E-state index contributed by atoms with van der Waals surface area (Å²) in [6.45, 7) is 4.81. The fraction of sp³-hybridized carbons (Fsp3) is 0.727. The van der Waals surface area contributed by atoms with E-state index in [-0.39, 0.29) is 0 Å². The fourth-order valence-electron chi connectivity index (χ4n) is 2.05. The van der Waals surface area contributed by atoms with Gasteiger partial charge in [-0.05, 0) is 32.6 Å². The number of ether oxygens (including phenoxy) is 1. The summed E-state index contributed by atoms with van der Waals surface area (Å²) in [6, 6.07) is 0. The van der Waals surface area contributed by atoms with Crippen LogP contribution in [0, 0.1) is 12.8 Å². The summed E-state index contributed by atoms with van der Waals surface area (Å²) in [5.74, 6) is 2.13. The zero-order chi connectivity index (χ0) is 10.8. The van der Waals surface area contributed by atoms with Gasteiger partial charge in [0.2, 0.25) is 0 Å². The summed E-state index contributed by atoms with van der Waals surface area (Å²) in [4.78, 5) is 0. The molecule has 0 atom stereocenters. The maximum atomic E-state index is 5.62. The van der Waals surface area contributed by atoms with Crippen molar-refractivity contribution in [3.63, 3.8) is 0 Å². The van der Waals surface area contributed by atoms with Gasteiger partial charge in [0.15, 0.2) is 5.82 Å². The summed E-state index contributed by atoms with van der Waals surface area (Å²) in [5.41, 5.74) is 6.62. The van der Waals surface area contributed by atoms with E-state index in [9.17, 15) is 0 Å². The molecule has 2 rings (SSSR count). The van der Waals surface area contributed by atoms with Crippen LogP contribution in [0.2, 0.25) is 0 Å². The average Bonchev–Trinajstić information content (AvgIpc) is 2.46. The smallest absolute Gasteiger partial charge is 0.169 e. The quantitative estimate of drug-likeness (QED) is 0.824. The second-order valence-electron chi connectivity index (χ2n) is 4.23. The third-order valence-corrected chi connectivity index (χ3v) is 3.13. The molecule has 0 saturated heterocycles. The Kier molecular flexibility index (Phi) is 2.95. The Bertz CT molecular complexity index is 329. The molecule has 0 aromatic carbocycles. The SMILES string of the molecule is CCOC1CC(Cc2onc(N)c2C)C1. The monoisotopic (exact) mass is 210 g/mol. The maximum absolute atomic E-state index is 5.62. The maximum Gasteiger partial charge on any atom is 0.169 e. The van der Waals surface area contributed by atoms with Crippen molar-refractivity contribution < 1.29 is 9.26 Å². The Morgan fingerprint density at radius 3 is 2.80 bits per heavy atom. The van der Waals surface area contributed by atoms with Gasteiger partial charge in [-0.15, -0.1) is 0 Å². The van der Waals surface area contributed by atoms with Crippen LogP contribution >= 0.6 is 0 Å². The van der Waals surface area contributed by atoms with Crippen molar-refractivity contribution in [1.29, 1.82) is 0 Å². The molecule has 84 valence electrons. The van der Waals surface area contributed by atoms with Crippen LogP contribution in [0.5, 0.6) is 0 Å². The number of hydrogen-bond acceptors (Lipinski definition) is 4. The Hall–Kier alpha value is -1.03. The van der Waals surface area contributed by atoms with Gasteiger partial charge >= 0.3 is 0 Å². The van der Waals surface area contributed by atoms with Gasteiger partial charge in [0.25, 0.3) is 0 Å². The number of nitrogens with two attached hydrogens (primary N) is 1.